The maximum Gasteiger partial charge on any atom is 0.271 e. The number of aryl methyl sites for hydroxylation is 1. The monoisotopic (exact) mass is 349 g/mol. The van der Waals surface area contributed by atoms with E-state index in [9.17, 15) is 9.90 Å². The van der Waals surface area contributed by atoms with Gasteiger partial charge in [-0.05, 0) is 32.4 Å². The highest BCUT2D eigenvalue weighted by Gasteiger charge is 2.23. The number of nitrogens with zero attached hydrogens (tertiary/aromatic N) is 2. The zero-order valence-electron chi connectivity index (χ0n) is 15.2. The highest BCUT2D eigenvalue weighted by molar-refractivity contribution is 5.99. The molecule has 0 aliphatic rings. The molecule has 0 bridgehead atoms. The molecule has 2 N–H and O–H groups in total. The number of fused-ring (bicyclic) bond motifs is 1. The van der Waals surface area contributed by atoms with Gasteiger partial charge in [0.25, 0.3) is 5.91 Å². The Morgan fingerprint density at radius 1 is 1.23 bits per heavy atom. The zero-order chi connectivity index (χ0) is 18.7. The van der Waals surface area contributed by atoms with Crippen LogP contribution in [0.2, 0.25) is 0 Å². The highest BCUT2D eigenvalue weighted by atomic mass is 16.3. The molecular formula is C21H23N3O2. The minimum absolute atomic E-state index is 0.544. The summed E-state index contributed by atoms with van der Waals surface area (Å²) in [6.07, 6.45) is 3.63. The third kappa shape index (κ3) is 4.00. The lowest BCUT2D eigenvalue weighted by atomic mass is 10.1. The van der Waals surface area contributed by atoms with Crippen molar-refractivity contribution in [2.75, 3.05) is 0 Å². The first kappa shape index (κ1) is 17.9. The molecule has 0 aliphatic heterocycles. The predicted octanol–water partition coefficient (Wildman–Crippen LogP) is 3.22. The number of rotatable bonds is 5. The van der Waals surface area contributed by atoms with Gasteiger partial charge < -0.3 is 9.67 Å². The van der Waals surface area contributed by atoms with Crippen LogP contribution in [-0.2, 0) is 11.3 Å². The number of carbonyl (C=O) groups is 1. The van der Waals surface area contributed by atoms with Crippen LogP contribution in [0.5, 0.6) is 0 Å². The highest BCUT2D eigenvalue weighted by Crippen LogP contribution is 2.21. The van der Waals surface area contributed by atoms with Crippen LogP contribution in [0, 0.1) is 6.92 Å². The van der Waals surface area contributed by atoms with Crippen molar-refractivity contribution < 1.29 is 9.90 Å². The number of aromatic nitrogens is 1. The van der Waals surface area contributed by atoms with Gasteiger partial charge in [0, 0.05) is 29.2 Å². The van der Waals surface area contributed by atoms with Gasteiger partial charge in [0.05, 0.1) is 6.21 Å². The molecule has 0 aliphatic carbocycles. The van der Waals surface area contributed by atoms with Gasteiger partial charge in [-0.25, -0.2) is 5.43 Å². The molecule has 5 heteroatoms. The number of benzene rings is 2. The van der Waals surface area contributed by atoms with Gasteiger partial charge in [-0.2, -0.15) is 5.10 Å². The molecule has 0 spiro atoms. The Bertz CT molecular complexity index is 965. The molecule has 5 nitrogen and oxygen atoms in total. The van der Waals surface area contributed by atoms with Crippen molar-refractivity contribution >= 4 is 23.0 Å². The summed E-state index contributed by atoms with van der Waals surface area (Å²) in [7, 11) is 0. The molecule has 0 saturated carbocycles. The molecule has 0 fully saturated rings. The van der Waals surface area contributed by atoms with Gasteiger partial charge in [0.2, 0.25) is 0 Å². The van der Waals surface area contributed by atoms with Crippen LogP contribution in [0.25, 0.3) is 10.9 Å². The van der Waals surface area contributed by atoms with Crippen molar-refractivity contribution in [1.82, 2.24) is 9.99 Å². The third-order valence-electron chi connectivity index (χ3n) is 4.18. The Kier molecular flexibility index (Phi) is 4.91. The Morgan fingerprint density at radius 3 is 2.73 bits per heavy atom. The van der Waals surface area contributed by atoms with Crippen molar-refractivity contribution in [1.29, 1.82) is 0 Å². The van der Waals surface area contributed by atoms with E-state index in [4.69, 9.17) is 0 Å². The van der Waals surface area contributed by atoms with E-state index >= 15 is 0 Å². The number of hydrogen-bond donors (Lipinski definition) is 2. The molecule has 3 aromatic rings. The molecule has 134 valence electrons. The largest absolute Gasteiger partial charge is 0.381 e. The van der Waals surface area contributed by atoms with Crippen LogP contribution in [0.4, 0.5) is 0 Å². The molecule has 3 rings (SSSR count). The topological polar surface area (TPSA) is 66.6 Å². The molecule has 0 saturated heterocycles. The van der Waals surface area contributed by atoms with E-state index in [2.05, 4.69) is 52.3 Å². The number of amides is 1. The van der Waals surface area contributed by atoms with Gasteiger partial charge in [-0.3, -0.25) is 4.79 Å². The average Bonchev–Trinajstić information content (AvgIpc) is 2.92. The lowest BCUT2D eigenvalue weighted by Gasteiger charge is -2.13. The number of carbonyl (C=O) groups excluding carboxylic acids is 1. The summed E-state index contributed by atoms with van der Waals surface area (Å²) in [5.74, 6) is -0.544. The maximum absolute atomic E-state index is 11.7. The van der Waals surface area contributed by atoms with Crippen LogP contribution in [0.15, 0.2) is 59.8 Å². The Balaban J connectivity index is 1.89. The van der Waals surface area contributed by atoms with Crippen LogP contribution in [0.3, 0.4) is 0 Å². The number of para-hydroxylation sites is 1. The summed E-state index contributed by atoms with van der Waals surface area (Å²) in [5.41, 5.74) is 5.38. The molecule has 2 aromatic carbocycles. The summed E-state index contributed by atoms with van der Waals surface area (Å²) in [6.45, 7) is 5.68. The Hall–Kier alpha value is -2.92. The first-order valence-electron chi connectivity index (χ1n) is 8.54. The van der Waals surface area contributed by atoms with E-state index in [1.165, 1.54) is 25.0 Å². The predicted molar refractivity (Wildman–Crippen MR) is 104 cm³/mol. The fourth-order valence-electron chi connectivity index (χ4n) is 2.81. The van der Waals surface area contributed by atoms with Gasteiger partial charge in [0.15, 0.2) is 0 Å². The second-order valence-corrected chi connectivity index (χ2v) is 6.98. The number of hydrogen-bond acceptors (Lipinski definition) is 3. The van der Waals surface area contributed by atoms with Crippen LogP contribution < -0.4 is 5.43 Å². The van der Waals surface area contributed by atoms with E-state index in [0.717, 1.165) is 23.0 Å². The Morgan fingerprint density at radius 2 is 2.00 bits per heavy atom. The second-order valence-electron chi connectivity index (χ2n) is 6.98. The van der Waals surface area contributed by atoms with Gasteiger partial charge in [-0.15, -0.1) is 0 Å². The fourth-order valence-corrected chi connectivity index (χ4v) is 2.81. The number of aliphatic hydroxyl groups is 1. The molecule has 0 atom stereocenters. The summed E-state index contributed by atoms with van der Waals surface area (Å²) < 4.78 is 2.17. The normalized spacial score (nSPS) is 12.0. The summed E-state index contributed by atoms with van der Waals surface area (Å²) in [5, 5.41) is 14.7. The molecular weight excluding hydrogens is 326 g/mol. The molecule has 1 aromatic heterocycles. The van der Waals surface area contributed by atoms with Crippen molar-refractivity contribution in [3.8, 4) is 0 Å². The standard InChI is InChI=1S/C21H23N3O2/c1-15-7-6-8-16(11-15)13-24-14-17(18-9-4-5-10-19(18)24)12-22-23-20(25)21(2,3)26/h4-12,14,26H,13H2,1-3H3,(H,23,25)/b22-12-. The quantitative estimate of drug-likeness (QED) is 0.549. The van der Waals surface area contributed by atoms with Crippen molar-refractivity contribution in [3.63, 3.8) is 0 Å². The van der Waals surface area contributed by atoms with Crippen molar-refractivity contribution in [2.45, 2.75) is 32.9 Å². The minimum atomic E-state index is -1.46. The van der Waals surface area contributed by atoms with Crippen LogP contribution >= 0.6 is 0 Å². The van der Waals surface area contributed by atoms with E-state index in [-0.39, 0.29) is 0 Å². The molecule has 1 heterocycles. The van der Waals surface area contributed by atoms with E-state index in [1.54, 1.807) is 6.21 Å². The minimum Gasteiger partial charge on any atom is -0.381 e. The first-order chi connectivity index (χ1) is 12.3. The number of nitrogens with one attached hydrogen (secondary N) is 1. The number of hydrazone groups is 1. The first-order valence-corrected chi connectivity index (χ1v) is 8.54. The van der Waals surface area contributed by atoms with E-state index in [1.807, 2.05) is 24.4 Å². The average molecular weight is 349 g/mol. The SMILES string of the molecule is Cc1cccc(Cn2cc(/C=N\NC(=O)C(C)(C)O)c3ccccc32)c1. The second kappa shape index (κ2) is 7.14. The van der Waals surface area contributed by atoms with E-state index in [0.29, 0.717) is 0 Å². The lowest BCUT2D eigenvalue weighted by Crippen LogP contribution is -2.39. The summed E-state index contributed by atoms with van der Waals surface area (Å²) >= 11 is 0. The Labute approximate surface area is 153 Å². The summed E-state index contributed by atoms with van der Waals surface area (Å²) in [6, 6.07) is 16.5. The smallest absolute Gasteiger partial charge is 0.271 e. The fraction of sp³-hybridized carbons (Fsp3) is 0.238. The summed E-state index contributed by atoms with van der Waals surface area (Å²) in [4.78, 5) is 11.7. The zero-order valence-corrected chi connectivity index (χ0v) is 15.2. The van der Waals surface area contributed by atoms with E-state index < -0.39 is 11.5 Å². The molecule has 1 amide bonds. The van der Waals surface area contributed by atoms with Gasteiger partial charge in [0.1, 0.15) is 5.60 Å². The molecule has 0 unspecified atom stereocenters. The van der Waals surface area contributed by atoms with Crippen molar-refractivity contribution in [2.24, 2.45) is 5.10 Å². The van der Waals surface area contributed by atoms with Gasteiger partial charge in [-0.1, -0.05) is 48.0 Å². The van der Waals surface area contributed by atoms with Crippen LogP contribution in [-0.4, -0.2) is 27.4 Å². The molecule has 26 heavy (non-hydrogen) atoms. The third-order valence-corrected chi connectivity index (χ3v) is 4.18. The molecule has 0 radical (unpaired) electrons. The van der Waals surface area contributed by atoms with Gasteiger partial charge >= 0.3 is 0 Å². The lowest BCUT2D eigenvalue weighted by molar-refractivity contribution is -0.136. The van der Waals surface area contributed by atoms with Crippen molar-refractivity contribution in [3.05, 3.63) is 71.4 Å². The van der Waals surface area contributed by atoms with Crippen LogP contribution in [0.1, 0.15) is 30.5 Å². The maximum atomic E-state index is 11.7.